The highest BCUT2D eigenvalue weighted by atomic mass is 35.5. The van der Waals surface area contributed by atoms with E-state index in [2.05, 4.69) is 5.32 Å². The first kappa shape index (κ1) is 18.6. The van der Waals surface area contributed by atoms with Gasteiger partial charge in [0.1, 0.15) is 18.1 Å². The maximum atomic E-state index is 11.9. The Kier molecular flexibility index (Phi) is 7.43. The number of furan rings is 1. The molecule has 0 saturated heterocycles. The van der Waals surface area contributed by atoms with Crippen LogP contribution in [0.2, 0.25) is 10.0 Å². The van der Waals surface area contributed by atoms with Crippen molar-refractivity contribution in [3.8, 4) is 5.75 Å². The Bertz CT molecular complexity index is 672. The smallest absolute Gasteiger partial charge is 0.286 e. The molecule has 1 heterocycles. The van der Waals surface area contributed by atoms with E-state index in [1.165, 1.54) is 0 Å². The molecule has 0 saturated carbocycles. The average Bonchev–Trinajstić information content (AvgIpc) is 3.03. The first-order valence-corrected chi connectivity index (χ1v) is 8.38. The molecule has 0 spiro atoms. The van der Waals surface area contributed by atoms with Crippen molar-refractivity contribution in [3.63, 3.8) is 0 Å². The number of benzene rings is 1. The lowest BCUT2D eigenvalue weighted by molar-refractivity contribution is 0.0913. The number of hydrogen-bond acceptors (Lipinski definition) is 4. The van der Waals surface area contributed by atoms with E-state index in [1.807, 2.05) is 6.92 Å². The van der Waals surface area contributed by atoms with E-state index in [9.17, 15) is 4.79 Å². The van der Waals surface area contributed by atoms with Crippen molar-refractivity contribution in [2.75, 3.05) is 19.8 Å². The van der Waals surface area contributed by atoms with E-state index < -0.39 is 0 Å². The lowest BCUT2D eigenvalue weighted by Gasteiger charge is -2.06. The van der Waals surface area contributed by atoms with Crippen molar-refractivity contribution >= 4 is 29.1 Å². The summed E-state index contributed by atoms with van der Waals surface area (Å²) in [6.07, 6.45) is 0.755. The first-order valence-electron chi connectivity index (χ1n) is 7.62. The largest absolute Gasteiger partial charge is 0.484 e. The highest BCUT2D eigenvalue weighted by molar-refractivity contribution is 6.35. The summed E-state index contributed by atoms with van der Waals surface area (Å²) in [4.78, 5) is 11.9. The molecule has 2 rings (SSSR count). The Hall–Kier alpha value is -1.69. The van der Waals surface area contributed by atoms with Crippen molar-refractivity contribution in [2.24, 2.45) is 0 Å². The molecule has 0 bridgehead atoms. The zero-order valence-electron chi connectivity index (χ0n) is 13.3. The van der Waals surface area contributed by atoms with Crippen LogP contribution in [0.3, 0.4) is 0 Å². The van der Waals surface area contributed by atoms with E-state index in [1.54, 1.807) is 30.3 Å². The zero-order valence-corrected chi connectivity index (χ0v) is 14.8. The monoisotopic (exact) mass is 371 g/mol. The fourth-order valence-corrected chi connectivity index (χ4v) is 2.39. The summed E-state index contributed by atoms with van der Waals surface area (Å²) >= 11 is 11.9. The summed E-state index contributed by atoms with van der Waals surface area (Å²) in [5.74, 6) is 1.01. The van der Waals surface area contributed by atoms with E-state index in [4.69, 9.17) is 37.1 Å². The molecule has 1 amide bonds. The van der Waals surface area contributed by atoms with Gasteiger partial charge in [0, 0.05) is 24.8 Å². The number of ether oxygens (including phenoxy) is 2. The Morgan fingerprint density at radius 1 is 1.25 bits per heavy atom. The third-order valence-corrected chi connectivity index (χ3v) is 3.63. The maximum Gasteiger partial charge on any atom is 0.286 e. The Labute approximate surface area is 150 Å². The fraction of sp³-hybridized carbons (Fsp3) is 0.353. The molecule has 0 aliphatic heterocycles. The van der Waals surface area contributed by atoms with Crippen LogP contribution in [0.25, 0.3) is 0 Å². The molecule has 1 aromatic heterocycles. The Balaban J connectivity index is 1.81. The van der Waals surface area contributed by atoms with Crippen molar-refractivity contribution in [3.05, 3.63) is 51.9 Å². The molecule has 0 atom stereocenters. The van der Waals surface area contributed by atoms with Crippen molar-refractivity contribution in [2.45, 2.75) is 20.0 Å². The van der Waals surface area contributed by atoms with Crippen molar-refractivity contribution in [1.29, 1.82) is 0 Å². The van der Waals surface area contributed by atoms with Crippen LogP contribution in [-0.2, 0) is 11.3 Å². The SMILES string of the molecule is CCOCCCNC(=O)c1ccc(COc2ccc(Cl)cc2Cl)o1. The molecule has 1 N–H and O–H groups in total. The maximum absolute atomic E-state index is 11.9. The summed E-state index contributed by atoms with van der Waals surface area (Å²) in [5.41, 5.74) is 0. The quantitative estimate of drug-likeness (QED) is 0.666. The summed E-state index contributed by atoms with van der Waals surface area (Å²) in [6.45, 7) is 3.93. The molecular weight excluding hydrogens is 353 g/mol. The molecule has 130 valence electrons. The highest BCUT2D eigenvalue weighted by Gasteiger charge is 2.11. The van der Waals surface area contributed by atoms with Gasteiger partial charge in [0.15, 0.2) is 5.76 Å². The predicted octanol–water partition coefficient (Wildman–Crippen LogP) is 4.32. The van der Waals surface area contributed by atoms with Gasteiger partial charge in [-0.05, 0) is 43.7 Å². The molecule has 0 fully saturated rings. The number of rotatable bonds is 9. The molecular formula is C17H19Cl2NO4. The predicted molar refractivity (Wildman–Crippen MR) is 92.9 cm³/mol. The summed E-state index contributed by atoms with van der Waals surface area (Å²) in [6, 6.07) is 8.27. The highest BCUT2D eigenvalue weighted by Crippen LogP contribution is 2.28. The standard InChI is InChI=1S/C17H19Cl2NO4/c1-2-22-9-3-8-20-17(21)16-7-5-13(24-16)11-23-15-6-4-12(18)10-14(15)19/h4-7,10H,2-3,8-9,11H2,1H3,(H,20,21). The van der Waals surface area contributed by atoms with Gasteiger partial charge < -0.3 is 19.2 Å². The van der Waals surface area contributed by atoms with Crippen LogP contribution in [0.15, 0.2) is 34.7 Å². The fourth-order valence-electron chi connectivity index (χ4n) is 1.93. The molecule has 0 unspecified atom stereocenters. The van der Waals surface area contributed by atoms with E-state index in [-0.39, 0.29) is 18.3 Å². The Morgan fingerprint density at radius 3 is 2.83 bits per heavy atom. The van der Waals surface area contributed by atoms with E-state index in [0.717, 1.165) is 6.42 Å². The van der Waals surface area contributed by atoms with Gasteiger partial charge in [-0.25, -0.2) is 0 Å². The number of nitrogens with one attached hydrogen (secondary N) is 1. The first-order chi connectivity index (χ1) is 11.6. The van der Waals surface area contributed by atoms with Gasteiger partial charge in [-0.15, -0.1) is 0 Å². The lowest BCUT2D eigenvalue weighted by Crippen LogP contribution is -2.24. The normalized spacial score (nSPS) is 10.6. The van der Waals surface area contributed by atoms with Gasteiger partial charge in [-0.3, -0.25) is 4.79 Å². The van der Waals surface area contributed by atoms with Crippen LogP contribution in [0, 0.1) is 0 Å². The third-order valence-electron chi connectivity index (χ3n) is 3.10. The number of amides is 1. The molecule has 1 aromatic carbocycles. The van der Waals surface area contributed by atoms with Gasteiger partial charge in [0.25, 0.3) is 5.91 Å². The minimum atomic E-state index is -0.262. The second-order valence-electron chi connectivity index (χ2n) is 4.94. The van der Waals surface area contributed by atoms with Gasteiger partial charge >= 0.3 is 0 Å². The number of hydrogen-bond donors (Lipinski definition) is 1. The molecule has 0 radical (unpaired) electrons. The summed E-state index contributed by atoms with van der Waals surface area (Å²) in [5, 5.41) is 3.72. The van der Waals surface area contributed by atoms with Crippen LogP contribution in [-0.4, -0.2) is 25.7 Å². The van der Waals surface area contributed by atoms with Crippen LogP contribution in [0.5, 0.6) is 5.75 Å². The lowest BCUT2D eigenvalue weighted by atomic mass is 10.3. The number of carbonyl (C=O) groups excluding carboxylic acids is 1. The van der Waals surface area contributed by atoms with Crippen molar-refractivity contribution in [1.82, 2.24) is 5.32 Å². The second-order valence-corrected chi connectivity index (χ2v) is 5.78. The number of halogens is 2. The summed E-state index contributed by atoms with van der Waals surface area (Å²) < 4.78 is 16.2. The topological polar surface area (TPSA) is 60.7 Å². The molecule has 5 nitrogen and oxygen atoms in total. The van der Waals surface area contributed by atoms with Crippen LogP contribution in [0.1, 0.15) is 29.7 Å². The van der Waals surface area contributed by atoms with Crippen molar-refractivity contribution < 1.29 is 18.7 Å². The van der Waals surface area contributed by atoms with E-state index in [0.29, 0.717) is 41.3 Å². The minimum Gasteiger partial charge on any atom is -0.484 e. The Morgan fingerprint density at radius 2 is 2.08 bits per heavy atom. The van der Waals surface area contributed by atoms with Gasteiger partial charge in [0.05, 0.1) is 5.02 Å². The second kappa shape index (κ2) is 9.57. The molecule has 0 aliphatic rings. The molecule has 2 aromatic rings. The molecule has 24 heavy (non-hydrogen) atoms. The van der Waals surface area contributed by atoms with E-state index >= 15 is 0 Å². The average molecular weight is 372 g/mol. The van der Waals surface area contributed by atoms with Gasteiger partial charge in [-0.2, -0.15) is 0 Å². The van der Waals surface area contributed by atoms with Crippen LogP contribution in [0.4, 0.5) is 0 Å². The van der Waals surface area contributed by atoms with Gasteiger partial charge in [0.2, 0.25) is 0 Å². The van der Waals surface area contributed by atoms with Gasteiger partial charge in [-0.1, -0.05) is 23.2 Å². The van der Waals surface area contributed by atoms with Crippen LogP contribution >= 0.6 is 23.2 Å². The minimum absolute atomic E-state index is 0.166. The summed E-state index contributed by atoms with van der Waals surface area (Å²) in [7, 11) is 0. The molecule has 0 aliphatic carbocycles. The number of carbonyl (C=O) groups is 1. The zero-order chi connectivity index (χ0) is 17.4. The van der Waals surface area contributed by atoms with Crippen LogP contribution < -0.4 is 10.1 Å². The molecule has 7 heteroatoms. The third kappa shape index (κ3) is 5.74.